The summed E-state index contributed by atoms with van der Waals surface area (Å²) in [5.41, 5.74) is 1.18. The molecule has 1 aromatic rings. The van der Waals surface area contributed by atoms with Crippen molar-refractivity contribution in [1.82, 2.24) is 5.32 Å². The van der Waals surface area contributed by atoms with Gasteiger partial charge in [0.15, 0.2) is 0 Å². The molecule has 0 amide bonds. The second-order valence-electron chi connectivity index (χ2n) is 2.92. The molecule has 0 saturated carbocycles. The molecule has 1 aromatic carbocycles. The van der Waals surface area contributed by atoms with Crippen molar-refractivity contribution in [3.8, 4) is 12.3 Å². The average Bonchev–Trinajstić information content (AvgIpc) is 2.18. The van der Waals surface area contributed by atoms with E-state index in [1.807, 2.05) is 19.2 Å². The molecular formula is C11H11Br2N. The first-order chi connectivity index (χ1) is 6.69. The van der Waals surface area contributed by atoms with Crippen LogP contribution in [0.25, 0.3) is 0 Å². The third-order valence-electron chi connectivity index (χ3n) is 2.00. The Bertz CT molecular complexity index is 355. The summed E-state index contributed by atoms with van der Waals surface area (Å²) in [6, 6.07) is 6.28. The summed E-state index contributed by atoms with van der Waals surface area (Å²) in [6.07, 6.45) is 6.00. The average molecular weight is 317 g/mol. The van der Waals surface area contributed by atoms with E-state index in [2.05, 4.69) is 49.2 Å². The second kappa shape index (κ2) is 5.55. The lowest BCUT2D eigenvalue weighted by Gasteiger charge is -2.15. The van der Waals surface area contributed by atoms with Crippen LogP contribution in [0, 0.1) is 12.3 Å². The van der Waals surface area contributed by atoms with Crippen molar-refractivity contribution >= 4 is 31.9 Å². The molecule has 14 heavy (non-hydrogen) atoms. The number of halogens is 2. The molecule has 0 heterocycles. The minimum Gasteiger partial charge on any atom is -0.312 e. The summed E-state index contributed by atoms with van der Waals surface area (Å²) in [6.45, 7) is 0. The molecule has 0 aromatic heterocycles. The van der Waals surface area contributed by atoms with Crippen molar-refractivity contribution < 1.29 is 0 Å². The summed E-state index contributed by atoms with van der Waals surface area (Å²) in [5, 5.41) is 3.19. The van der Waals surface area contributed by atoms with E-state index in [1.54, 1.807) is 0 Å². The predicted molar refractivity (Wildman–Crippen MR) is 67.1 cm³/mol. The van der Waals surface area contributed by atoms with Gasteiger partial charge in [0.25, 0.3) is 0 Å². The number of terminal acetylenes is 1. The van der Waals surface area contributed by atoms with E-state index in [-0.39, 0.29) is 6.04 Å². The highest BCUT2D eigenvalue weighted by Gasteiger charge is 2.11. The van der Waals surface area contributed by atoms with Crippen LogP contribution in [0.5, 0.6) is 0 Å². The number of nitrogens with one attached hydrogen (secondary N) is 1. The Labute approximate surface area is 102 Å². The molecule has 0 aliphatic heterocycles. The highest BCUT2D eigenvalue weighted by atomic mass is 79.9. The van der Waals surface area contributed by atoms with E-state index in [0.717, 1.165) is 8.95 Å². The van der Waals surface area contributed by atoms with Gasteiger partial charge in [-0.2, -0.15) is 0 Å². The maximum Gasteiger partial charge on any atom is 0.0440 e. The monoisotopic (exact) mass is 315 g/mol. The van der Waals surface area contributed by atoms with Crippen LogP contribution in [-0.4, -0.2) is 7.05 Å². The van der Waals surface area contributed by atoms with Gasteiger partial charge >= 0.3 is 0 Å². The van der Waals surface area contributed by atoms with Gasteiger partial charge in [0.1, 0.15) is 0 Å². The van der Waals surface area contributed by atoms with Crippen LogP contribution in [-0.2, 0) is 0 Å². The molecule has 1 unspecified atom stereocenters. The van der Waals surface area contributed by atoms with Crippen molar-refractivity contribution in [1.29, 1.82) is 0 Å². The van der Waals surface area contributed by atoms with Gasteiger partial charge in [-0.05, 0) is 30.8 Å². The maximum atomic E-state index is 5.31. The zero-order valence-electron chi connectivity index (χ0n) is 7.85. The highest BCUT2D eigenvalue weighted by molar-refractivity contribution is 9.11. The Morgan fingerprint density at radius 1 is 1.50 bits per heavy atom. The van der Waals surface area contributed by atoms with E-state index in [4.69, 9.17) is 6.42 Å². The normalized spacial score (nSPS) is 12.1. The van der Waals surface area contributed by atoms with E-state index in [1.165, 1.54) is 5.56 Å². The van der Waals surface area contributed by atoms with E-state index < -0.39 is 0 Å². The van der Waals surface area contributed by atoms with Crippen molar-refractivity contribution in [3.05, 3.63) is 32.7 Å². The molecule has 3 heteroatoms. The first-order valence-electron chi connectivity index (χ1n) is 4.24. The minimum atomic E-state index is 0.201. The molecule has 74 valence electrons. The van der Waals surface area contributed by atoms with Gasteiger partial charge in [0.2, 0.25) is 0 Å². The lowest BCUT2D eigenvalue weighted by atomic mass is 10.0. The number of rotatable bonds is 3. The summed E-state index contributed by atoms with van der Waals surface area (Å²) in [4.78, 5) is 0. The van der Waals surface area contributed by atoms with Crippen LogP contribution in [0.3, 0.4) is 0 Å². The topological polar surface area (TPSA) is 12.0 Å². The first-order valence-corrected chi connectivity index (χ1v) is 5.83. The van der Waals surface area contributed by atoms with Crippen molar-refractivity contribution in [2.75, 3.05) is 7.05 Å². The molecule has 1 atom stereocenters. The number of hydrogen-bond donors (Lipinski definition) is 1. The molecule has 0 aliphatic carbocycles. The molecule has 0 bridgehead atoms. The van der Waals surface area contributed by atoms with E-state index in [9.17, 15) is 0 Å². The Balaban J connectivity index is 3.03. The van der Waals surface area contributed by atoms with Gasteiger partial charge in [0.05, 0.1) is 0 Å². The molecule has 0 radical (unpaired) electrons. The fraction of sp³-hybridized carbons (Fsp3) is 0.273. The fourth-order valence-corrected chi connectivity index (χ4v) is 2.17. The van der Waals surface area contributed by atoms with E-state index >= 15 is 0 Å². The quantitative estimate of drug-likeness (QED) is 0.842. The third-order valence-corrected chi connectivity index (χ3v) is 3.22. The van der Waals surface area contributed by atoms with Crippen molar-refractivity contribution in [3.63, 3.8) is 0 Å². The summed E-state index contributed by atoms with van der Waals surface area (Å²) < 4.78 is 2.14. The van der Waals surface area contributed by atoms with Gasteiger partial charge in [0, 0.05) is 21.4 Å². The first kappa shape index (κ1) is 11.8. The van der Waals surface area contributed by atoms with Gasteiger partial charge in [-0.1, -0.05) is 31.9 Å². The smallest absolute Gasteiger partial charge is 0.0440 e. The zero-order chi connectivity index (χ0) is 10.6. The summed E-state index contributed by atoms with van der Waals surface area (Å²) in [5.74, 6) is 2.67. The fourth-order valence-electron chi connectivity index (χ4n) is 1.27. The predicted octanol–water partition coefficient (Wildman–Crippen LogP) is 3.50. The highest BCUT2D eigenvalue weighted by Crippen LogP contribution is 2.28. The molecule has 0 saturated heterocycles. The van der Waals surface area contributed by atoms with Crippen LogP contribution >= 0.6 is 31.9 Å². The number of hydrogen-bond acceptors (Lipinski definition) is 1. The van der Waals surface area contributed by atoms with Crippen LogP contribution in [0.4, 0.5) is 0 Å². The van der Waals surface area contributed by atoms with E-state index in [0.29, 0.717) is 6.42 Å². The van der Waals surface area contributed by atoms with Gasteiger partial charge in [-0.15, -0.1) is 12.3 Å². The molecule has 0 spiro atoms. The van der Waals surface area contributed by atoms with Crippen LogP contribution in [0.2, 0.25) is 0 Å². The Morgan fingerprint density at radius 2 is 2.21 bits per heavy atom. The van der Waals surface area contributed by atoms with Crippen molar-refractivity contribution in [2.24, 2.45) is 0 Å². The Hall–Kier alpha value is -0.300. The minimum absolute atomic E-state index is 0.201. The third kappa shape index (κ3) is 2.84. The van der Waals surface area contributed by atoms with Crippen LogP contribution in [0.1, 0.15) is 18.0 Å². The Kier molecular flexibility index (Phi) is 4.67. The van der Waals surface area contributed by atoms with Gasteiger partial charge in [-0.3, -0.25) is 0 Å². The Morgan fingerprint density at radius 3 is 2.79 bits per heavy atom. The van der Waals surface area contributed by atoms with Gasteiger partial charge < -0.3 is 5.32 Å². The maximum absolute atomic E-state index is 5.31. The molecule has 1 rings (SSSR count). The molecule has 1 nitrogen and oxygen atoms in total. The lowest BCUT2D eigenvalue weighted by molar-refractivity contribution is 0.609. The SMILES string of the molecule is C#CCC(NC)c1cc(Br)ccc1Br. The number of benzene rings is 1. The molecule has 0 aliphatic rings. The van der Waals surface area contributed by atoms with Crippen molar-refractivity contribution in [2.45, 2.75) is 12.5 Å². The second-order valence-corrected chi connectivity index (χ2v) is 4.69. The van der Waals surface area contributed by atoms with Gasteiger partial charge in [-0.25, -0.2) is 0 Å². The standard InChI is InChI=1S/C11H11Br2N/c1-3-4-11(14-2)9-7-8(12)5-6-10(9)13/h1,5-7,11,14H,4H2,2H3. The summed E-state index contributed by atoms with van der Waals surface area (Å²) in [7, 11) is 1.91. The lowest BCUT2D eigenvalue weighted by Crippen LogP contribution is -2.16. The summed E-state index contributed by atoms with van der Waals surface area (Å²) >= 11 is 6.96. The largest absolute Gasteiger partial charge is 0.312 e. The molecule has 0 fully saturated rings. The molecular weight excluding hydrogens is 306 g/mol. The zero-order valence-corrected chi connectivity index (χ0v) is 11.0. The van der Waals surface area contributed by atoms with Crippen LogP contribution < -0.4 is 5.32 Å². The van der Waals surface area contributed by atoms with Crippen LogP contribution in [0.15, 0.2) is 27.1 Å². The molecule has 1 N–H and O–H groups in total.